The van der Waals surface area contributed by atoms with E-state index in [1.165, 1.54) is 0 Å². The van der Waals surface area contributed by atoms with Crippen molar-refractivity contribution in [2.24, 2.45) is 5.92 Å². The number of likely N-dealkylation sites (tertiary alicyclic amines) is 1. The van der Waals surface area contributed by atoms with Gasteiger partial charge in [0.05, 0.1) is 34.0 Å². The van der Waals surface area contributed by atoms with Crippen molar-refractivity contribution < 1.29 is 23.5 Å². The first-order valence-electron chi connectivity index (χ1n) is 9.27. The maximum absolute atomic E-state index is 5.67. The van der Waals surface area contributed by atoms with Crippen LogP contribution in [-0.2, 0) is 16.0 Å². The summed E-state index contributed by atoms with van der Waals surface area (Å²) < 4.78 is 27.4. The number of hydrogen-bond acceptors (Lipinski definition) is 8. The molecular formula is C19H25N3O5. The lowest BCUT2D eigenvalue weighted by molar-refractivity contribution is -0.101. The summed E-state index contributed by atoms with van der Waals surface area (Å²) in [7, 11) is 3.21. The standard InChI is InChI=1S/C19H25N3O5/c1-23-15-6-5-13(10-16(15)24-2)18-20-17(27-21-18)12-22-7-3-4-14(11-22)19-25-8-9-26-19/h5-6,10,14,19H,3-4,7-9,11-12H2,1-2H3. The zero-order valence-electron chi connectivity index (χ0n) is 15.7. The molecule has 1 aromatic carbocycles. The predicted molar refractivity (Wildman–Crippen MR) is 96.5 cm³/mol. The van der Waals surface area contributed by atoms with Gasteiger partial charge in [-0.1, -0.05) is 5.16 Å². The molecule has 8 nitrogen and oxygen atoms in total. The summed E-state index contributed by atoms with van der Waals surface area (Å²) in [4.78, 5) is 6.87. The van der Waals surface area contributed by atoms with Gasteiger partial charge in [0.15, 0.2) is 17.8 Å². The van der Waals surface area contributed by atoms with Crippen molar-refractivity contribution in [3.05, 3.63) is 24.1 Å². The fourth-order valence-electron chi connectivity index (χ4n) is 3.71. The van der Waals surface area contributed by atoms with Crippen LogP contribution in [-0.4, -0.2) is 61.9 Å². The third-order valence-electron chi connectivity index (χ3n) is 5.04. The van der Waals surface area contributed by atoms with Crippen molar-refractivity contribution in [2.45, 2.75) is 25.7 Å². The second kappa shape index (κ2) is 8.24. The van der Waals surface area contributed by atoms with Crippen LogP contribution >= 0.6 is 0 Å². The minimum absolute atomic E-state index is 0.0715. The summed E-state index contributed by atoms with van der Waals surface area (Å²) >= 11 is 0. The van der Waals surface area contributed by atoms with Crippen molar-refractivity contribution in [3.63, 3.8) is 0 Å². The Morgan fingerprint density at radius 1 is 1.15 bits per heavy atom. The third kappa shape index (κ3) is 4.07. The SMILES string of the molecule is COc1ccc(-c2noc(CN3CCCC(C4OCCO4)C3)n2)cc1OC. The number of methoxy groups -OCH3 is 2. The van der Waals surface area contributed by atoms with Crippen molar-refractivity contribution in [1.82, 2.24) is 15.0 Å². The molecule has 1 aromatic heterocycles. The Morgan fingerprint density at radius 3 is 2.74 bits per heavy atom. The van der Waals surface area contributed by atoms with E-state index in [4.69, 9.17) is 23.5 Å². The van der Waals surface area contributed by atoms with E-state index in [0.717, 1.165) is 31.5 Å². The Kier molecular flexibility index (Phi) is 5.56. The van der Waals surface area contributed by atoms with Gasteiger partial charge in [-0.05, 0) is 37.6 Å². The highest BCUT2D eigenvalue weighted by molar-refractivity contribution is 5.60. The van der Waals surface area contributed by atoms with Crippen molar-refractivity contribution in [3.8, 4) is 22.9 Å². The highest BCUT2D eigenvalue weighted by atomic mass is 16.7. The van der Waals surface area contributed by atoms with Gasteiger partial charge in [0.25, 0.3) is 0 Å². The van der Waals surface area contributed by atoms with Crippen LogP contribution in [0.15, 0.2) is 22.7 Å². The molecule has 0 amide bonds. The number of rotatable bonds is 6. The summed E-state index contributed by atoms with van der Waals surface area (Å²) in [5.74, 6) is 2.85. The van der Waals surface area contributed by atoms with Crippen molar-refractivity contribution >= 4 is 0 Å². The Morgan fingerprint density at radius 2 is 1.96 bits per heavy atom. The van der Waals surface area contributed by atoms with Gasteiger partial charge in [0, 0.05) is 18.0 Å². The number of hydrogen-bond donors (Lipinski definition) is 0. The summed E-state index contributed by atoms with van der Waals surface area (Å²) in [5.41, 5.74) is 0.826. The maximum Gasteiger partial charge on any atom is 0.241 e. The second-order valence-corrected chi connectivity index (χ2v) is 6.83. The van der Waals surface area contributed by atoms with Gasteiger partial charge in [-0.2, -0.15) is 4.98 Å². The monoisotopic (exact) mass is 375 g/mol. The van der Waals surface area contributed by atoms with Crippen molar-refractivity contribution in [1.29, 1.82) is 0 Å². The van der Waals surface area contributed by atoms with E-state index in [2.05, 4.69) is 15.0 Å². The lowest BCUT2D eigenvalue weighted by Gasteiger charge is -2.33. The van der Waals surface area contributed by atoms with Gasteiger partial charge in [-0.15, -0.1) is 0 Å². The molecule has 0 aliphatic carbocycles. The molecular weight excluding hydrogens is 350 g/mol. The van der Waals surface area contributed by atoms with E-state index in [1.54, 1.807) is 14.2 Å². The molecule has 4 rings (SSSR count). The van der Waals surface area contributed by atoms with Crippen LogP contribution in [0.25, 0.3) is 11.4 Å². The molecule has 27 heavy (non-hydrogen) atoms. The topological polar surface area (TPSA) is 79.1 Å². The maximum atomic E-state index is 5.67. The van der Waals surface area contributed by atoms with Gasteiger partial charge >= 0.3 is 0 Å². The molecule has 2 aliphatic heterocycles. The fraction of sp³-hybridized carbons (Fsp3) is 0.579. The molecule has 0 spiro atoms. The first kappa shape index (κ1) is 18.2. The van der Waals surface area contributed by atoms with E-state index < -0.39 is 0 Å². The van der Waals surface area contributed by atoms with Gasteiger partial charge in [0.1, 0.15) is 0 Å². The molecule has 1 unspecified atom stereocenters. The molecule has 8 heteroatoms. The molecule has 2 fully saturated rings. The third-order valence-corrected chi connectivity index (χ3v) is 5.04. The number of nitrogens with zero attached hydrogens (tertiary/aromatic N) is 3. The van der Waals surface area contributed by atoms with E-state index in [0.29, 0.717) is 48.9 Å². The molecule has 0 radical (unpaired) electrons. The molecule has 2 saturated heterocycles. The van der Waals surface area contributed by atoms with Crippen LogP contribution in [0.5, 0.6) is 11.5 Å². The molecule has 3 heterocycles. The first-order chi connectivity index (χ1) is 13.3. The van der Waals surface area contributed by atoms with Crippen LogP contribution in [0.2, 0.25) is 0 Å². The minimum atomic E-state index is -0.0715. The molecule has 146 valence electrons. The van der Waals surface area contributed by atoms with E-state index in [-0.39, 0.29) is 6.29 Å². The average molecular weight is 375 g/mol. The fourth-order valence-corrected chi connectivity index (χ4v) is 3.71. The van der Waals surface area contributed by atoms with Crippen LogP contribution in [0.4, 0.5) is 0 Å². The minimum Gasteiger partial charge on any atom is -0.493 e. The Hall–Kier alpha value is -2.16. The number of benzene rings is 1. The lowest BCUT2D eigenvalue weighted by Crippen LogP contribution is -2.40. The average Bonchev–Trinajstić information content (AvgIpc) is 3.40. The number of ether oxygens (including phenoxy) is 4. The Bertz CT molecular complexity index is 760. The smallest absolute Gasteiger partial charge is 0.241 e. The molecule has 0 N–H and O–H groups in total. The van der Waals surface area contributed by atoms with Crippen LogP contribution < -0.4 is 9.47 Å². The predicted octanol–water partition coefficient (Wildman–Crippen LogP) is 2.34. The molecule has 1 atom stereocenters. The van der Waals surface area contributed by atoms with Gasteiger partial charge in [0.2, 0.25) is 11.7 Å². The Labute approximate surface area is 158 Å². The summed E-state index contributed by atoms with van der Waals surface area (Å²) in [6.45, 7) is 3.94. The second-order valence-electron chi connectivity index (χ2n) is 6.83. The normalized spacial score (nSPS) is 21.5. The molecule has 0 saturated carbocycles. The Balaban J connectivity index is 1.42. The zero-order valence-corrected chi connectivity index (χ0v) is 15.7. The zero-order chi connectivity index (χ0) is 18.6. The van der Waals surface area contributed by atoms with Crippen LogP contribution in [0, 0.1) is 5.92 Å². The molecule has 2 aliphatic rings. The summed E-state index contributed by atoms with van der Waals surface area (Å²) in [5, 5.41) is 4.12. The van der Waals surface area contributed by atoms with Crippen LogP contribution in [0.1, 0.15) is 18.7 Å². The number of aromatic nitrogens is 2. The van der Waals surface area contributed by atoms with E-state index >= 15 is 0 Å². The molecule has 2 aromatic rings. The molecule has 0 bridgehead atoms. The van der Waals surface area contributed by atoms with E-state index in [9.17, 15) is 0 Å². The van der Waals surface area contributed by atoms with Gasteiger partial charge < -0.3 is 23.5 Å². The first-order valence-corrected chi connectivity index (χ1v) is 9.27. The van der Waals surface area contributed by atoms with Gasteiger partial charge in [-0.3, -0.25) is 4.90 Å². The van der Waals surface area contributed by atoms with Crippen molar-refractivity contribution in [2.75, 3.05) is 40.5 Å². The summed E-state index contributed by atoms with van der Waals surface area (Å²) in [6.07, 6.45) is 2.17. The highest BCUT2D eigenvalue weighted by Gasteiger charge is 2.31. The summed E-state index contributed by atoms with van der Waals surface area (Å²) in [6, 6.07) is 5.57. The quantitative estimate of drug-likeness (QED) is 0.761. The van der Waals surface area contributed by atoms with Crippen LogP contribution in [0.3, 0.4) is 0 Å². The lowest BCUT2D eigenvalue weighted by atomic mass is 9.97. The number of piperidine rings is 1. The largest absolute Gasteiger partial charge is 0.493 e. The van der Waals surface area contributed by atoms with Gasteiger partial charge in [-0.25, -0.2) is 0 Å². The highest BCUT2D eigenvalue weighted by Crippen LogP contribution is 2.31. The van der Waals surface area contributed by atoms with E-state index in [1.807, 2.05) is 18.2 Å².